The number of fused-ring (bicyclic) bond motifs is 1. The molecule has 3 aromatic rings. The van der Waals surface area contributed by atoms with Gasteiger partial charge in [0.05, 0.1) is 5.56 Å². The minimum Gasteiger partial charge on any atom is -0.355 e. The van der Waals surface area contributed by atoms with Crippen molar-refractivity contribution < 1.29 is 4.79 Å². The average Bonchev–Trinajstić information content (AvgIpc) is 3.09. The van der Waals surface area contributed by atoms with Gasteiger partial charge in [0.25, 0.3) is 5.91 Å². The highest BCUT2D eigenvalue weighted by Gasteiger charge is 2.29. The molecular formula is C24H27BrN6O. The summed E-state index contributed by atoms with van der Waals surface area (Å²) in [5.74, 6) is 3.12. The Bertz CT molecular complexity index is 1100. The Kier molecular flexibility index (Phi) is 6.21. The van der Waals surface area contributed by atoms with E-state index in [0.29, 0.717) is 11.5 Å². The van der Waals surface area contributed by atoms with Crippen LogP contribution in [0.25, 0.3) is 0 Å². The largest absolute Gasteiger partial charge is 0.355 e. The van der Waals surface area contributed by atoms with Crippen LogP contribution in [0.15, 0.2) is 47.1 Å². The van der Waals surface area contributed by atoms with E-state index in [1.54, 1.807) is 6.20 Å². The van der Waals surface area contributed by atoms with Crippen LogP contribution >= 0.6 is 15.9 Å². The Morgan fingerprint density at radius 1 is 1.03 bits per heavy atom. The van der Waals surface area contributed by atoms with Crippen LogP contribution in [0, 0.1) is 0 Å². The molecule has 8 heteroatoms. The van der Waals surface area contributed by atoms with Crippen molar-refractivity contribution in [3.8, 4) is 0 Å². The fraction of sp³-hybridized carbons (Fsp3) is 0.417. The number of piperidine rings is 1. The monoisotopic (exact) mass is 494 g/mol. The number of pyridine rings is 1. The first kappa shape index (κ1) is 21.1. The number of benzene rings is 1. The Labute approximate surface area is 196 Å². The second-order valence-electron chi connectivity index (χ2n) is 8.56. The standard InChI is InChI=1S/C24H27BrN6O/c25-18-9-11-19(12-10-18)27-24(32)20-7-4-13-26-23(20)30-14-5-6-17(16-30)22-29-28-21-8-2-1-3-15-31(21)22/h4,7,9-13,17H,1-3,5-6,8,14-16H2,(H,27,32)/t17-/m0/s1. The van der Waals surface area contributed by atoms with E-state index in [2.05, 4.69) is 45.9 Å². The number of nitrogens with zero attached hydrogens (tertiary/aromatic N) is 5. The molecule has 1 N–H and O–H groups in total. The highest BCUT2D eigenvalue weighted by atomic mass is 79.9. The zero-order chi connectivity index (χ0) is 21.9. The normalized spacial score (nSPS) is 18.7. The summed E-state index contributed by atoms with van der Waals surface area (Å²) in [5, 5.41) is 12.1. The maximum Gasteiger partial charge on any atom is 0.259 e. The summed E-state index contributed by atoms with van der Waals surface area (Å²) in [6.45, 7) is 2.69. The van der Waals surface area contributed by atoms with Gasteiger partial charge in [0.1, 0.15) is 17.5 Å². The van der Waals surface area contributed by atoms with E-state index in [0.717, 1.165) is 66.5 Å². The second kappa shape index (κ2) is 9.40. The van der Waals surface area contributed by atoms with Gasteiger partial charge in [-0.3, -0.25) is 4.79 Å². The predicted molar refractivity (Wildman–Crippen MR) is 128 cm³/mol. The molecule has 1 saturated heterocycles. The zero-order valence-corrected chi connectivity index (χ0v) is 19.6. The predicted octanol–water partition coefficient (Wildman–Crippen LogP) is 4.80. The molecule has 166 valence electrons. The van der Waals surface area contributed by atoms with E-state index in [1.165, 1.54) is 19.3 Å². The molecule has 2 aliphatic heterocycles. The second-order valence-corrected chi connectivity index (χ2v) is 9.47. The first-order valence-electron chi connectivity index (χ1n) is 11.4. The van der Waals surface area contributed by atoms with Gasteiger partial charge >= 0.3 is 0 Å². The van der Waals surface area contributed by atoms with Crippen molar-refractivity contribution in [2.45, 2.75) is 51.0 Å². The fourth-order valence-electron chi connectivity index (χ4n) is 4.75. The number of hydrogen-bond donors (Lipinski definition) is 1. The number of carbonyl (C=O) groups is 1. The lowest BCUT2D eigenvalue weighted by Gasteiger charge is -2.34. The first-order chi connectivity index (χ1) is 15.7. The van der Waals surface area contributed by atoms with Gasteiger partial charge < -0.3 is 14.8 Å². The molecule has 0 unspecified atom stereocenters. The van der Waals surface area contributed by atoms with Crippen LogP contribution < -0.4 is 10.2 Å². The number of hydrogen-bond acceptors (Lipinski definition) is 5. The van der Waals surface area contributed by atoms with Gasteiger partial charge in [-0.2, -0.15) is 0 Å². The van der Waals surface area contributed by atoms with Crippen LogP contribution in [0.3, 0.4) is 0 Å². The highest BCUT2D eigenvalue weighted by molar-refractivity contribution is 9.10. The molecule has 1 fully saturated rings. The van der Waals surface area contributed by atoms with E-state index in [-0.39, 0.29) is 5.91 Å². The Balaban J connectivity index is 1.37. The SMILES string of the molecule is O=C(Nc1ccc(Br)cc1)c1cccnc1N1CCC[C@H](c2nnc3n2CCCCC3)C1. The van der Waals surface area contributed by atoms with Crippen molar-refractivity contribution in [1.29, 1.82) is 0 Å². The van der Waals surface area contributed by atoms with Crippen LogP contribution in [0.1, 0.15) is 60.0 Å². The third kappa shape index (κ3) is 4.41. The Morgan fingerprint density at radius 3 is 2.78 bits per heavy atom. The molecule has 0 radical (unpaired) electrons. The summed E-state index contributed by atoms with van der Waals surface area (Å²) >= 11 is 3.43. The molecule has 0 saturated carbocycles. The Hall–Kier alpha value is -2.74. The van der Waals surface area contributed by atoms with Gasteiger partial charge in [0, 0.05) is 48.3 Å². The summed E-state index contributed by atoms with van der Waals surface area (Å²) in [4.78, 5) is 19.9. The van der Waals surface area contributed by atoms with Crippen molar-refractivity contribution in [3.63, 3.8) is 0 Å². The minimum atomic E-state index is -0.145. The van der Waals surface area contributed by atoms with Crippen molar-refractivity contribution in [3.05, 3.63) is 64.3 Å². The topological polar surface area (TPSA) is 75.9 Å². The molecule has 1 atom stereocenters. The Morgan fingerprint density at radius 2 is 1.91 bits per heavy atom. The molecular weight excluding hydrogens is 468 g/mol. The van der Waals surface area contributed by atoms with Crippen LogP contribution in [0.4, 0.5) is 11.5 Å². The van der Waals surface area contributed by atoms with Crippen molar-refractivity contribution in [2.24, 2.45) is 0 Å². The molecule has 5 rings (SSSR count). The lowest BCUT2D eigenvalue weighted by atomic mass is 9.96. The van der Waals surface area contributed by atoms with Gasteiger partial charge in [-0.05, 0) is 62.1 Å². The number of halogens is 1. The first-order valence-corrected chi connectivity index (χ1v) is 12.2. The minimum absolute atomic E-state index is 0.145. The maximum absolute atomic E-state index is 13.1. The van der Waals surface area contributed by atoms with Crippen molar-refractivity contribution in [2.75, 3.05) is 23.3 Å². The summed E-state index contributed by atoms with van der Waals surface area (Å²) in [7, 11) is 0. The highest BCUT2D eigenvalue weighted by Crippen LogP contribution is 2.31. The molecule has 4 heterocycles. The third-order valence-corrected chi connectivity index (χ3v) is 6.89. The van der Waals surface area contributed by atoms with Gasteiger partial charge in [0.2, 0.25) is 0 Å². The number of amides is 1. The van der Waals surface area contributed by atoms with Gasteiger partial charge in [-0.25, -0.2) is 4.98 Å². The maximum atomic E-state index is 13.1. The molecule has 1 amide bonds. The van der Waals surface area contributed by atoms with Gasteiger partial charge in [0.15, 0.2) is 0 Å². The van der Waals surface area contributed by atoms with Crippen LogP contribution in [-0.2, 0) is 13.0 Å². The van der Waals surface area contributed by atoms with E-state index in [1.807, 2.05) is 36.4 Å². The molecule has 2 aliphatic rings. The summed E-state index contributed by atoms with van der Waals surface area (Å²) in [6, 6.07) is 11.3. The van der Waals surface area contributed by atoms with Gasteiger partial charge in [-0.15, -0.1) is 10.2 Å². The quantitative estimate of drug-likeness (QED) is 0.563. The van der Waals surface area contributed by atoms with Crippen molar-refractivity contribution in [1.82, 2.24) is 19.7 Å². The van der Waals surface area contributed by atoms with Crippen molar-refractivity contribution >= 4 is 33.3 Å². The van der Waals surface area contributed by atoms with Crippen LogP contribution in [0.2, 0.25) is 0 Å². The summed E-state index contributed by atoms with van der Waals surface area (Å²) < 4.78 is 3.32. The molecule has 0 bridgehead atoms. The number of nitrogens with one attached hydrogen (secondary N) is 1. The molecule has 1 aromatic carbocycles. The summed E-state index contributed by atoms with van der Waals surface area (Å²) in [5.41, 5.74) is 1.35. The number of aromatic nitrogens is 4. The number of carbonyl (C=O) groups excluding carboxylic acids is 1. The number of anilines is 2. The fourth-order valence-corrected chi connectivity index (χ4v) is 5.01. The number of rotatable bonds is 4. The summed E-state index contributed by atoms with van der Waals surface area (Å²) in [6.07, 6.45) is 8.54. The molecule has 0 spiro atoms. The van der Waals surface area contributed by atoms with E-state index in [4.69, 9.17) is 0 Å². The smallest absolute Gasteiger partial charge is 0.259 e. The van der Waals surface area contributed by atoms with E-state index in [9.17, 15) is 4.79 Å². The van der Waals surface area contributed by atoms with E-state index < -0.39 is 0 Å². The molecule has 2 aromatic heterocycles. The van der Waals surface area contributed by atoms with Gasteiger partial charge in [-0.1, -0.05) is 22.4 Å². The molecule has 32 heavy (non-hydrogen) atoms. The lowest BCUT2D eigenvalue weighted by molar-refractivity contribution is 0.102. The number of aryl methyl sites for hydroxylation is 1. The molecule has 0 aliphatic carbocycles. The molecule has 7 nitrogen and oxygen atoms in total. The lowest BCUT2D eigenvalue weighted by Crippen LogP contribution is -2.37. The average molecular weight is 495 g/mol. The van der Waals surface area contributed by atoms with E-state index >= 15 is 0 Å². The van der Waals surface area contributed by atoms with Crippen LogP contribution in [-0.4, -0.2) is 38.7 Å². The zero-order valence-electron chi connectivity index (χ0n) is 18.0. The van der Waals surface area contributed by atoms with Crippen LogP contribution in [0.5, 0.6) is 0 Å². The third-order valence-electron chi connectivity index (χ3n) is 6.36.